The topological polar surface area (TPSA) is 109 Å². The summed E-state index contributed by atoms with van der Waals surface area (Å²) in [7, 11) is 0. The normalized spacial score (nSPS) is 22.2. The maximum Gasteiger partial charge on any atom is 0.490 e. The van der Waals surface area contributed by atoms with Crippen LogP contribution in [0.5, 0.6) is 0 Å². The van der Waals surface area contributed by atoms with E-state index < -0.39 is 17.7 Å². The minimum absolute atomic E-state index is 0.128. The molecule has 11 heteroatoms. The molecule has 0 radical (unpaired) electrons. The number of rotatable bonds is 7. The lowest BCUT2D eigenvalue weighted by Crippen LogP contribution is -2.58. The van der Waals surface area contributed by atoms with E-state index in [1.54, 1.807) is 0 Å². The van der Waals surface area contributed by atoms with Gasteiger partial charge in [0.25, 0.3) is 0 Å². The molecule has 1 aromatic heterocycles. The second-order valence-electron chi connectivity index (χ2n) is 11.3. The van der Waals surface area contributed by atoms with Crippen LogP contribution in [0.25, 0.3) is 10.9 Å². The zero-order valence-corrected chi connectivity index (χ0v) is 23.2. The molecule has 6 rings (SSSR count). The minimum atomic E-state index is -5.08. The zero-order chi connectivity index (χ0) is 29.9. The molecule has 8 nitrogen and oxygen atoms in total. The number of aliphatic carboxylic acids is 1. The smallest absolute Gasteiger partial charge is 0.475 e. The first kappa shape index (κ1) is 30.2. The van der Waals surface area contributed by atoms with Gasteiger partial charge in [0.05, 0.1) is 12.7 Å². The number of hydrogen-bond donors (Lipinski definition) is 3. The van der Waals surface area contributed by atoms with Crippen molar-refractivity contribution in [2.75, 3.05) is 39.3 Å². The standard InChI is InChI=1S/C29H35N3O3.C2HF3O2/c33-25-11-14-31(15-12-25)19-21-9-16-32(17-10-21)29(27-20-35-27,24-4-2-1-3-5-24)28(34)23-7-6-22-8-13-30-26(22)18-23;3-2(4,5)1(6)7/h1-8,13,18,21,25,27,30,33H,9-12,14-17,19-20H2;(H,6,7). The first-order chi connectivity index (χ1) is 20.1. The second kappa shape index (κ2) is 12.5. The van der Waals surface area contributed by atoms with Crippen molar-refractivity contribution in [3.63, 3.8) is 0 Å². The number of ether oxygens (including phenoxy) is 1. The fourth-order valence-corrected chi connectivity index (χ4v) is 6.32. The van der Waals surface area contributed by atoms with Gasteiger partial charge < -0.3 is 24.8 Å². The molecule has 0 spiro atoms. The number of ketones is 1. The summed E-state index contributed by atoms with van der Waals surface area (Å²) < 4.78 is 37.7. The van der Waals surface area contributed by atoms with E-state index in [1.165, 1.54) is 0 Å². The highest BCUT2D eigenvalue weighted by Gasteiger charge is 2.58. The summed E-state index contributed by atoms with van der Waals surface area (Å²) in [5, 5.41) is 18.1. The Morgan fingerprint density at radius 3 is 2.19 bits per heavy atom. The number of fused-ring (bicyclic) bond motifs is 1. The molecule has 2 atom stereocenters. The molecular weight excluding hydrogens is 551 g/mol. The van der Waals surface area contributed by atoms with E-state index >= 15 is 0 Å². The number of carboxylic acid groups (broad SMARTS) is 1. The fourth-order valence-electron chi connectivity index (χ4n) is 6.32. The Kier molecular flexibility index (Phi) is 9.03. The van der Waals surface area contributed by atoms with Crippen molar-refractivity contribution in [2.24, 2.45) is 5.92 Å². The van der Waals surface area contributed by atoms with Crippen LogP contribution in [0.2, 0.25) is 0 Å². The highest BCUT2D eigenvalue weighted by molar-refractivity contribution is 6.06. The van der Waals surface area contributed by atoms with E-state index in [2.05, 4.69) is 26.9 Å². The van der Waals surface area contributed by atoms with Crippen molar-refractivity contribution in [3.8, 4) is 0 Å². The van der Waals surface area contributed by atoms with Crippen LogP contribution in [0.3, 0.4) is 0 Å². The third kappa shape index (κ3) is 6.54. The van der Waals surface area contributed by atoms with Crippen molar-refractivity contribution in [1.29, 1.82) is 0 Å². The van der Waals surface area contributed by atoms with Crippen LogP contribution in [0.1, 0.15) is 41.6 Å². The number of carbonyl (C=O) groups excluding carboxylic acids is 1. The number of carboxylic acids is 1. The summed E-state index contributed by atoms with van der Waals surface area (Å²) in [6.45, 7) is 5.45. The average Bonchev–Trinajstić information content (AvgIpc) is 3.72. The predicted molar refractivity (Wildman–Crippen MR) is 150 cm³/mol. The number of aromatic amines is 1. The van der Waals surface area contributed by atoms with Crippen LogP contribution in [0.15, 0.2) is 60.8 Å². The van der Waals surface area contributed by atoms with Gasteiger partial charge in [-0.25, -0.2) is 4.79 Å². The number of hydrogen-bond acceptors (Lipinski definition) is 6. The molecule has 3 saturated heterocycles. The average molecular weight is 588 g/mol. The summed E-state index contributed by atoms with van der Waals surface area (Å²) in [6, 6.07) is 18.3. The lowest BCUT2D eigenvalue weighted by Gasteiger charge is -2.46. The Hall–Kier alpha value is -3.25. The van der Waals surface area contributed by atoms with Crippen molar-refractivity contribution >= 4 is 22.7 Å². The van der Waals surface area contributed by atoms with Gasteiger partial charge in [0.15, 0.2) is 5.78 Å². The minimum Gasteiger partial charge on any atom is -0.475 e. The molecule has 42 heavy (non-hydrogen) atoms. The van der Waals surface area contributed by atoms with E-state index in [0.29, 0.717) is 12.5 Å². The molecule has 3 fully saturated rings. The van der Waals surface area contributed by atoms with Crippen LogP contribution in [0.4, 0.5) is 13.2 Å². The van der Waals surface area contributed by atoms with Gasteiger partial charge in [0.1, 0.15) is 11.6 Å². The predicted octanol–water partition coefficient (Wildman–Crippen LogP) is 4.45. The highest BCUT2D eigenvalue weighted by Crippen LogP contribution is 2.44. The Balaban J connectivity index is 0.000000451. The van der Waals surface area contributed by atoms with Gasteiger partial charge in [-0.2, -0.15) is 13.2 Å². The van der Waals surface area contributed by atoms with Crippen molar-refractivity contribution in [2.45, 2.75) is 49.6 Å². The number of likely N-dealkylation sites (tertiary alicyclic amines) is 2. The molecule has 0 bridgehead atoms. The van der Waals surface area contributed by atoms with Crippen LogP contribution in [0, 0.1) is 5.92 Å². The number of nitrogens with zero attached hydrogens (tertiary/aromatic N) is 2. The molecule has 0 saturated carbocycles. The highest BCUT2D eigenvalue weighted by atomic mass is 19.4. The number of carbonyl (C=O) groups is 2. The van der Waals surface area contributed by atoms with Crippen molar-refractivity contribution in [1.82, 2.24) is 14.8 Å². The number of piperidine rings is 2. The van der Waals surface area contributed by atoms with Gasteiger partial charge in [-0.15, -0.1) is 0 Å². The van der Waals surface area contributed by atoms with Gasteiger partial charge in [0, 0.05) is 36.9 Å². The number of H-pyrrole nitrogens is 1. The Morgan fingerprint density at radius 2 is 1.60 bits per heavy atom. The largest absolute Gasteiger partial charge is 0.490 e. The molecule has 3 aromatic rings. The van der Waals surface area contributed by atoms with Gasteiger partial charge in [-0.05, 0) is 67.8 Å². The molecule has 0 aliphatic carbocycles. The van der Waals surface area contributed by atoms with Crippen LogP contribution >= 0.6 is 0 Å². The molecule has 0 amide bonds. The summed E-state index contributed by atoms with van der Waals surface area (Å²) in [5.41, 5.74) is 1.94. The lowest BCUT2D eigenvalue weighted by atomic mass is 9.76. The van der Waals surface area contributed by atoms with Gasteiger partial charge in [-0.1, -0.05) is 42.5 Å². The van der Waals surface area contributed by atoms with E-state index in [0.717, 1.165) is 80.4 Å². The van der Waals surface area contributed by atoms with Crippen LogP contribution < -0.4 is 0 Å². The summed E-state index contributed by atoms with van der Waals surface area (Å²) in [6.07, 6.45) is 0.489. The monoisotopic (exact) mass is 587 g/mol. The number of aliphatic hydroxyl groups is 1. The molecule has 2 unspecified atom stereocenters. The number of aliphatic hydroxyl groups excluding tert-OH is 1. The summed E-state index contributed by atoms with van der Waals surface area (Å²) in [4.78, 5) is 31.6. The number of benzene rings is 2. The first-order valence-electron chi connectivity index (χ1n) is 14.3. The molecule has 2 aromatic carbocycles. The number of Topliss-reactive ketones (excluding diaryl/α,β-unsaturated/α-hetero) is 1. The number of halogens is 3. The fraction of sp³-hybridized carbons (Fsp3) is 0.484. The number of epoxide rings is 1. The Bertz CT molecular complexity index is 1360. The zero-order valence-electron chi connectivity index (χ0n) is 23.2. The van der Waals surface area contributed by atoms with Gasteiger partial charge in [0.2, 0.25) is 0 Å². The Morgan fingerprint density at radius 1 is 0.952 bits per heavy atom. The van der Waals surface area contributed by atoms with Crippen LogP contribution in [-0.4, -0.2) is 94.5 Å². The lowest BCUT2D eigenvalue weighted by molar-refractivity contribution is -0.192. The first-order valence-corrected chi connectivity index (χ1v) is 14.3. The number of aromatic nitrogens is 1. The number of nitrogens with one attached hydrogen (secondary N) is 1. The third-order valence-corrected chi connectivity index (χ3v) is 8.61. The van der Waals surface area contributed by atoms with E-state index in [9.17, 15) is 23.1 Å². The van der Waals surface area contributed by atoms with Gasteiger partial charge in [-0.3, -0.25) is 9.69 Å². The molecule has 3 aliphatic heterocycles. The van der Waals surface area contributed by atoms with Gasteiger partial charge >= 0.3 is 12.1 Å². The molecule has 4 heterocycles. The van der Waals surface area contributed by atoms with Crippen molar-refractivity contribution in [3.05, 3.63) is 71.9 Å². The molecule has 3 N–H and O–H groups in total. The SMILES string of the molecule is O=C(O)C(F)(F)F.O=C(c1ccc2cc[nH]c2c1)C(c1ccccc1)(C1CO1)N1CCC(CN2CCC(O)CC2)CC1. The van der Waals surface area contributed by atoms with E-state index in [-0.39, 0.29) is 18.0 Å². The molecular formula is C31H36F3N3O5. The molecule has 226 valence electrons. The number of alkyl halides is 3. The van der Waals surface area contributed by atoms with Crippen molar-refractivity contribution < 1.29 is 37.7 Å². The summed E-state index contributed by atoms with van der Waals surface area (Å²) >= 11 is 0. The van der Waals surface area contributed by atoms with E-state index in [1.807, 2.05) is 48.7 Å². The van der Waals surface area contributed by atoms with Crippen LogP contribution in [-0.2, 0) is 15.1 Å². The maximum atomic E-state index is 14.5. The second-order valence-corrected chi connectivity index (χ2v) is 11.3. The molecule has 3 aliphatic rings. The van der Waals surface area contributed by atoms with E-state index in [4.69, 9.17) is 14.6 Å². The quantitative estimate of drug-likeness (QED) is 0.277. The Labute approximate surface area is 242 Å². The third-order valence-electron chi connectivity index (χ3n) is 8.61. The summed E-state index contributed by atoms with van der Waals surface area (Å²) in [5.74, 6) is -2.00. The maximum absolute atomic E-state index is 14.5.